The van der Waals surface area contributed by atoms with Crippen molar-refractivity contribution in [2.75, 3.05) is 6.54 Å². The Kier molecular flexibility index (Phi) is 10.9. The summed E-state index contributed by atoms with van der Waals surface area (Å²) in [4.78, 5) is 17.9. The standard InChI is InChI=1S/C28H40IN3O/c1-5-6-7-8-9-10-20-31-26(33)25(22-12-11-16-28(4,29)19-14-22)32-21-23-13-17-27(2,3)18-15-24(23)30/h11-19,21,25H,5-10,20,30H2,1-4H3,(H,31,33). The highest BCUT2D eigenvalue weighted by molar-refractivity contribution is 14.1. The van der Waals surface area contributed by atoms with Crippen molar-refractivity contribution in [2.24, 2.45) is 16.1 Å². The van der Waals surface area contributed by atoms with Gasteiger partial charge in [0.1, 0.15) is 0 Å². The zero-order chi connectivity index (χ0) is 24.3. The number of halogens is 1. The summed E-state index contributed by atoms with van der Waals surface area (Å²) in [5.74, 6) is -0.0752. The molecule has 0 aliphatic heterocycles. The molecular formula is C28H40IN3O. The average Bonchev–Trinajstić information content (AvgIpc) is 3.01. The number of nitrogens with one attached hydrogen (secondary N) is 1. The van der Waals surface area contributed by atoms with Crippen LogP contribution in [0.5, 0.6) is 0 Å². The number of nitrogens with two attached hydrogens (primary N) is 1. The van der Waals surface area contributed by atoms with Crippen LogP contribution in [0.25, 0.3) is 0 Å². The van der Waals surface area contributed by atoms with Gasteiger partial charge in [-0.25, -0.2) is 0 Å². The fourth-order valence-electron chi connectivity index (χ4n) is 3.55. The smallest absolute Gasteiger partial charge is 0.249 e. The Labute approximate surface area is 214 Å². The van der Waals surface area contributed by atoms with Crippen molar-refractivity contribution in [3.05, 3.63) is 71.5 Å². The predicted molar refractivity (Wildman–Crippen MR) is 151 cm³/mol. The van der Waals surface area contributed by atoms with E-state index >= 15 is 0 Å². The molecule has 3 N–H and O–H groups in total. The lowest BCUT2D eigenvalue weighted by atomic mass is 9.93. The molecule has 0 bridgehead atoms. The Hall–Kier alpha value is -1.89. The molecule has 0 aromatic heterocycles. The van der Waals surface area contributed by atoms with Crippen LogP contribution in [0, 0.1) is 5.41 Å². The van der Waals surface area contributed by atoms with Gasteiger partial charge in [0.05, 0.1) is 3.42 Å². The molecule has 0 heterocycles. The van der Waals surface area contributed by atoms with Gasteiger partial charge in [0.15, 0.2) is 6.04 Å². The van der Waals surface area contributed by atoms with E-state index in [4.69, 9.17) is 10.7 Å². The minimum absolute atomic E-state index is 0.0732. The summed E-state index contributed by atoms with van der Waals surface area (Å²) in [6.07, 6.45) is 27.2. The zero-order valence-corrected chi connectivity index (χ0v) is 22.8. The van der Waals surface area contributed by atoms with Crippen molar-refractivity contribution in [1.82, 2.24) is 5.32 Å². The third-order valence-corrected chi connectivity index (χ3v) is 6.51. The molecule has 2 aliphatic carbocycles. The molecule has 2 rings (SSSR count). The van der Waals surface area contributed by atoms with E-state index in [9.17, 15) is 4.79 Å². The average molecular weight is 562 g/mol. The van der Waals surface area contributed by atoms with Crippen molar-refractivity contribution < 1.29 is 4.79 Å². The second kappa shape index (κ2) is 13.1. The van der Waals surface area contributed by atoms with E-state index in [0.29, 0.717) is 12.2 Å². The number of carbonyl (C=O) groups excluding carboxylic acids is 1. The highest BCUT2D eigenvalue weighted by atomic mass is 127. The quantitative estimate of drug-likeness (QED) is 0.131. The monoisotopic (exact) mass is 561 g/mol. The number of aliphatic imine (C=N–C) groups is 1. The topological polar surface area (TPSA) is 67.5 Å². The van der Waals surface area contributed by atoms with Crippen molar-refractivity contribution >= 4 is 34.7 Å². The fraction of sp³-hybridized carbons (Fsp3) is 0.500. The number of allylic oxidation sites excluding steroid dienone is 9. The number of amides is 1. The largest absolute Gasteiger partial charge is 0.398 e. The highest BCUT2D eigenvalue weighted by Gasteiger charge is 2.22. The Morgan fingerprint density at radius 2 is 1.76 bits per heavy atom. The summed E-state index contributed by atoms with van der Waals surface area (Å²) in [5.41, 5.74) is 8.52. The van der Waals surface area contributed by atoms with Crippen LogP contribution in [0.2, 0.25) is 0 Å². The molecule has 0 aromatic rings. The van der Waals surface area contributed by atoms with Crippen LogP contribution in [0.3, 0.4) is 0 Å². The van der Waals surface area contributed by atoms with Crippen LogP contribution in [0.15, 0.2) is 76.5 Å². The third kappa shape index (κ3) is 9.86. The van der Waals surface area contributed by atoms with Gasteiger partial charge < -0.3 is 11.1 Å². The molecule has 33 heavy (non-hydrogen) atoms. The molecule has 2 aliphatic rings. The predicted octanol–water partition coefficient (Wildman–Crippen LogP) is 6.51. The molecule has 5 heteroatoms. The summed E-state index contributed by atoms with van der Waals surface area (Å²) in [6.45, 7) is 9.28. The minimum Gasteiger partial charge on any atom is -0.398 e. The van der Waals surface area contributed by atoms with Crippen LogP contribution in [-0.4, -0.2) is 28.1 Å². The van der Waals surface area contributed by atoms with E-state index in [2.05, 4.69) is 79.9 Å². The van der Waals surface area contributed by atoms with Gasteiger partial charge in [0.2, 0.25) is 5.91 Å². The van der Waals surface area contributed by atoms with Crippen molar-refractivity contribution in [1.29, 1.82) is 0 Å². The van der Waals surface area contributed by atoms with Crippen LogP contribution in [0.1, 0.15) is 66.2 Å². The maximum absolute atomic E-state index is 13.2. The third-order valence-electron chi connectivity index (χ3n) is 5.79. The maximum Gasteiger partial charge on any atom is 0.249 e. The second-order valence-corrected chi connectivity index (χ2v) is 12.0. The van der Waals surface area contributed by atoms with Gasteiger partial charge in [0.25, 0.3) is 0 Å². The van der Waals surface area contributed by atoms with Gasteiger partial charge in [-0.05, 0) is 25.0 Å². The first-order valence-corrected chi connectivity index (χ1v) is 13.2. The number of hydrogen-bond acceptors (Lipinski definition) is 3. The van der Waals surface area contributed by atoms with Crippen LogP contribution >= 0.6 is 22.6 Å². The summed E-state index contributed by atoms with van der Waals surface area (Å²) in [7, 11) is 0. The number of unbranched alkanes of at least 4 members (excludes halogenated alkanes) is 5. The van der Waals surface area contributed by atoms with Gasteiger partial charge in [-0.3, -0.25) is 9.79 Å². The molecule has 0 radical (unpaired) electrons. The van der Waals surface area contributed by atoms with E-state index in [1.165, 1.54) is 25.7 Å². The molecule has 2 unspecified atom stereocenters. The summed E-state index contributed by atoms with van der Waals surface area (Å²) < 4.78 is -0.0907. The Bertz CT molecular complexity index is 885. The Morgan fingerprint density at radius 1 is 1.06 bits per heavy atom. The van der Waals surface area contributed by atoms with Crippen LogP contribution in [-0.2, 0) is 4.79 Å². The highest BCUT2D eigenvalue weighted by Crippen LogP contribution is 2.27. The van der Waals surface area contributed by atoms with Gasteiger partial charge in [0, 0.05) is 29.4 Å². The lowest BCUT2D eigenvalue weighted by Crippen LogP contribution is -2.35. The lowest BCUT2D eigenvalue weighted by molar-refractivity contribution is -0.121. The normalized spacial score (nSPS) is 22.9. The van der Waals surface area contributed by atoms with Gasteiger partial charge in [-0.1, -0.05) is 124 Å². The van der Waals surface area contributed by atoms with E-state index in [1.807, 2.05) is 30.4 Å². The summed E-state index contributed by atoms with van der Waals surface area (Å²) in [6, 6.07) is -0.620. The van der Waals surface area contributed by atoms with E-state index < -0.39 is 6.04 Å². The minimum atomic E-state index is -0.620. The molecular weight excluding hydrogens is 521 g/mol. The molecule has 0 saturated carbocycles. The first-order chi connectivity index (χ1) is 15.6. The van der Waals surface area contributed by atoms with E-state index in [-0.39, 0.29) is 14.7 Å². The van der Waals surface area contributed by atoms with E-state index in [1.54, 1.807) is 6.21 Å². The van der Waals surface area contributed by atoms with Crippen molar-refractivity contribution in [3.8, 4) is 0 Å². The van der Waals surface area contributed by atoms with Crippen molar-refractivity contribution in [3.63, 3.8) is 0 Å². The molecule has 4 nitrogen and oxygen atoms in total. The number of rotatable bonds is 11. The molecule has 0 fully saturated rings. The number of hydrogen-bond donors (Lipinski definition) is 2. The first kappa shape index (κ1) is 27.4. The first-order valence-electron chi connectivity index (χ1n) is 12.1. The molecule has 0 spiro atoms. The van der Waals surface area contributed by atoms with Crippen LogP contribution in [0.4, 0.5) is 0 Å². The fourth-order valence-corrected chi connectivity index (χ4v) is 3.94. The molecule has 180 valence electrons. The number of nitrogens with zero attached hydrogens (tertiary/aromatic N) is 1. The Morgan fingerprint density at radius 3 is 2.52 bits per heavy atom. The second-order valence-electron chi connectivity index (χ2n) is 9.65. The zero-order valence-electron chi connectivity index (χ0n) is 20.6. The van der Waals surface area contributed by atoms with Gasteiger partial charge >= 0.3 is 0 Å². The molecule has 0 saturated heterocycles. The Balaban J connectivity index is 2.15. The summed E-state index contributed by atoms with van der Waals surface area (Å²) in [5, 5.41) is 3.10. The van der Waals surface area contributed by atoms with Crippen molar-refractivity contribution in [2.45, 2.75) is 75.7 Å². The molecule has 2 atom stereocenters. The van der Waals surface area contributed by atoms with Gasteiger partial charge in [-0.2, -0.15) is 0 Å². The number of alkyl halides is 1. The van der Waals surface area contributed by atoms with Gasteiger partial charge in [-0.15, -0.1) is 0 Å². The molecule has 1 amide bonds. The number of carbonyl (C=O) groups is 1. The van der Waals surface area contributed by atoms with Crippen LogP contribution < -0.4 is 11.1 Å². The summed E-state index contributed by atoms with van der Waals surface area (Å²) >= 11 is 2.39. The molecule has 0 aromatic carbocycles. The lowest BCUT2D eigenvalue weighted by Gasteiger charge is -2.15. The maximum atomic E-state index is 13.2. The SMILES string of the molecule is CCCCCCCCNC(=O)C(N=CC1=C(N)C=CC(C)(C)C=C1)C1=CC=CC(C)(I)C=C1. The van der Waals surface area contributed by atoms with E-state index in [0.717, 1.165) is 24.0 Å².